The van der Waals surface area contributed by atoms with E-state index >= 15 is 0 Å². The van der Waals surface area contributed by atoms with Crippen LogP contribution in [0.15, 0.2) is 30.5 Å². The van der Waals surface area contributed by atoms with Gasteiger partial charge in [-0.3, -0.25) is 4.98 Å². The maximum atomic E-state index is 5.87. The summed E-state index contributed by atoms with van der Waals surface area (Å²) >= 11 is 0. The summed E-state index contributed by atoms with van der Waals surface area (Å²) in [5, 5.41) is 3.39. The van der Waals surface area contributed by atoms with Gasteiger partial charge in [0.25, 0.3) is 0 Å². The Morgan fingerprint density at radius 3 is 2.53 bits per heavy atom. The molecule has 0 saturated carbocycles. The molecule has 17 heavy (non-hydrogen) atoms. The van der Waals surface area contributed by atoms with Gasteiger partial charge >= 0.3 is 0 Å². The summed E-state index contributed by atoms with van der Waals surface area (Å²) in [5.41, 5.74) is 12.1. The highest BCUT2D eigenvalue weighted by molar-refractivity contribution is 5.68. The molecule has 88 valence electrons. The van der Waals surface area contributed by atoms with E-state index in [-0.39, 0.29) is 0 Å². The van der Waals surface area contributed by atoms with Gasteiger partial charge in [0.15, 0.2) is 0 Å². The Morgan fingerprint density at radius 2 is 1.82 bits per heavy atom. The first-order chi connectivity index (χ1) is 8.08. The van der Waals surface area contributed by atoms with Gasteiger partial charge in [-0.05, 0) is 56.2 Å². The van der Waals surface area contributed by atoms with Crippen LogP contribution in [0, 0.1) is 20.8 Å². The van der Waals surface area contributed by atoms with Crippen molar-refractivity contribution in [3.63, 3.8) is 0 Å². The van der Waals surface area contributed by atoms with Gasteiger partial charge in [0.05, 0.1) is 0 Å². The second kappa shape index (κ2) is 4.45. The van der Waals surface area contributed by atoms with E-state index in [1.54, 1.807) is 6.20 Å². The lowest BCUT2D eigenvalue weighted by molar-refractivity contribution is 1.20. The predicted octanol–water partition coefficient (Wildman–Crippen LogP) is 3.33. The molecule has 0 fully saturated rings. The largest absolute Gasteiger partial charge is 0.399 e. The number of benzene rings is 1. The van der Waals surface area contributed by atoms with Crippen LogP contribution in [-0.2, 0) is 0 Å². The van der Waals surface area contributed by atoms with Gasteiger partial charge in [0.2, 0.25) is 0 Å². The summed E-state index contributed by atoms with van der Waals surface area (Å²) in [5.74, 6) is 0. The SMILES string of the molecule is Cc1cc(Nc2ccc(N)c(C)c2C)ccn1. The number of nitrogen functional groups attached to an aromatic ring is 1. The lowest BCUT2D eigenvalue weighted by atomic mass is 10.1. The molecule has 0 amide bonds. The van der Waals surface area contributed by atoms with Crippen LogP contribution in [0.25, 0.3) is 0 Å². The van der Waals surface area contributed by atoms with Gasteiger partial charge in [-0.1, -0.05) is 0 Å². The number of nitrogens with two attached hydrogens (primary N) is 1. The number of aryl methyl sites for hydroxylation is 1. The first kappa shape index (κ1) is 11.5. The Morgan fingerprint density at radius 1 is 1.06 bits per heavy atom. The third-order valence-electron chi connectivity index (χ3n) is 3.00. The zero-order valence-corrected chi connectivity index (χ0v) is 10.4. The van der Waals surface area contributed by atoms with Crippen molar-refractivity contribution < 1.29 is 0 Å². The minimum Gasteiger partial charge on any atom is -0.399 e. The summed E-state index contributed by atoms with van der Waals surface area (Å²) in [6.45, 7) is 6.09. The van der Waals surface area contributed by atoms with Crippen molar-refractivity contribution in [3.05, 3.63) is 47.3 Å². The van der Waals surface area contributed by atoms with Crippen LogP contribution < -0.4 is 11.1 Å². The van der Waals surface area contributed by atoms with Crippen molar-refractivity contribution in [1.82, 2.24) is 4.98 Å². The average molecular weight is 227 g/mol. The molecule has 2 aromatic rings. The monoisotopic (exact) mass is 227 g/mol. The quantitative estimate of drug-likeness (QED) is 0.774. The van der Waals surface area contributed by atoms with Crippen LogP contribution in [0.4, 0.5) is 17.1 Å². The average Bonchev–Trinajstić information content (AvgIpc) is 2.30. The highest BCUT2D eigenvalue weighted by Crippen LogP contribution is 2.26. The standard InChI is InChI=1S/C14H17N3/c1-9-8-12(6-7-16-9)17-14-5-4-13(15)10(2)11(14)3/h4-8H,15H2,1-3H3,(H,16,17). The molecule has 0 atom stereocenters. The fraction of sp³-hybridized carbons (Fsp3) is 0.214. The van der Waals surface area contributed by atoms with E-state index in [0.717, 1.165) is 28.3 Å². The summed E-state index contributed by atoms with van der Waals surface area (Å²) < 4.78 is 0. The first-order valence-corrected chi connectivity index (χ1v) is 5.63. The molecule has 0 aliphatic heterocycles. The molecule has 2 rings (SSSR count). The van der Waals surface area contributed by atoms with E-state index in [1.165, 1.54) is 5.56 Å². The zero-order chi connectivity index (χ0) is 12.4. The molecule has 0 saturated heterocycles. The Balaban J connectivity index is 2.34. The summed E-state index contributed by atoms with van der Waals surface area (Å²) in [6, 6.07) is 7.91. The van der Waals surface area contributed by atoms with Crippen molar-refractivity contribution in [2.24, 2.45) is 0 Å². The van der Waals surface area contributed by atoms with Gasteiger partial charge in [-0.2, -0.15) is 0 Å². The maximum Gasteiger partial charge on any atom is 0.0418 e. The van der Waals surface area contributed by atoms with Crippen molar-refractivity contribution >= 4 is 17.1 Å². The van der Waals surface area contributed by atoms with E-state index in [9.17, 15) is 0 Å². The van der Waals surface area contributed by atoms with Crippen LogP contribution in [0.5, 0.6) is 0 Å². The lowest BCUT2D eigenvalue weighted by Gasteiger charge is -2.13. The van der Waals surface area contributed by atoms with Crippen LogP contribution in [0.3, 0.4) is 0 Å². The Hall–Kier alpha value is -2.03. The smallest absolute Gasteiger partial charge is 0.0418 e. The molecule has 3 N–H and O–H groups in total. The molecule has 1 heterocycles. The number of rotatable bonds is 2. The van der Waals surface area contributed by atoms with Crippen molar-refractivity contribution in [2.45, 2.75) is 20.8 Å². The molecule has 3 heteroatoms. The van der Waals surface area contributed by atoms with E-state index in [1.807, 2.05) is 38.1 Å². The molecular formula is C14H17N3. The molecular weight excluding hydrogens is 210 g/mol. The summed E-state index contributed by atoms with van der Waals surface area (Å²) in [6.07, 6.45) is 1.80. The molecule has 1 aromatic heterocycles. The third-order valence-corrected chi connectivity index (χ3v) is 3.00. The molecule has 0 aliphatic rings. The maximum absolute atomic E-state index is 5.87. The van der Waals surface area contributed by atoms with Gasteiger partial charge in [0.1, 0.15) is 0 Å². The number of pyridine rings is 1. The van der Waals surface area contributed by atoms with Gasteiger partial charge in [0, 0.05) is 29.0 Å². The molecule has 0 bridgehead atoms. The van der Waals surface area contributed by atoms with Crippen LogP contribution in [-0.4, -0.2) is 4.98 Å². The van der Waals surface area contributed by atoms with Gasteiger partial charge < -0.3 is 11.1 Å². The first-order valence-electron chi connectivity index (χ1n) is 5.63. The fourth-order valence-corrected chi connectivity index (χ4v) is 1.76. The zero-order valence-electron chi connectivity index (χ0n) is 10.4. The Kier molecular flexibility index (Phi) is 3.00. The van der Waals surface area contributed by atoms with E-state index in [4.69, 9.17) is 5.73 Å². The van der Waals surface area contributed by atoms with Crippen molar-refractivity contribution in [2.75, 3.05) is 11.1 Å². The topological polar surface area (TPSA) is 50.9 Å². The Bertz CT molecular complexity index is 547. The number of nitrogens with zero attached hydrogens (tertiary/aromatic N) is 1. The number of anilines is 3. The molecule has 1 aromatic carbocycles. The number of hydrogen-bond donors (Lipinski definition) is 2. The van der Waals surface area contributed by atoms with Crippen molar-refractivity contribution in [1.29, 1.82) is 0 Å². The normalized spacial score (nSPS) is 10.3. The second-order valence-corrected chi connectivity index (χ2v) is 4.26. The summed E-state index contributed by atoms with van der Waals surface area (Å²) in [7, 11) is 0. The highest BCUT2D eigenvalue weighted by atomic mass is 14.9. The number of nitrogens with one attached hydrogen (secondary N) is 1. The van der Waals surface area contributed by atoms with E-state index < -0.39 is 0 Å². The number of hydrogen-bond acceptors (Lipinski definition) is 3. The highest BCUT2D eigenvalue weighted by Gasteiger charge is 2.04. The van der Waals surface area contributed by atoms with Crippen LogP contribution >= 0.6 is 0 Å². The molecule has 0 unspecified atom stereocenters. The fourth-order valence-electron chi connectivity index (χ4n) is 1.76. The lowest BCUT2D eigenvalue weighted by Crippen LogP contribution is -1.98. The Labute approximate surface area is 102 Å². The molecule has 0 aliphatic carbocycles. The van der Waals surface area contributed by atoms with Crippen molar-refractivity contribution in [3.8, 4) is 0 Å². The minimum atomic E-state index is 0.832. The van der Waals surface area contributed by atoms with E-state index in [0.29, 0.717) is 0 Å². The van der Waals surface area contributed by atoms with Crippen LogP contribution in [0.2, 0.25) is 0 Å². The van der Waals surface area contributed by atoms with Gasteiger partial charge in [-0.15, -0.1) is 0 Å². The molecule has 0 spiro atoms. The molecule has 0 radical (unpaired) electrons. The second-order valence-electron chi connectivity index (χ2n) is 4.26. The van der Waals surface area contributed by atoms with E-state index in [2.05, 4.69) is 17.2 Å². The third kappa shape index (κ3) is 2.38. The summed E-state index contributed by atoms with van der Waals surface area (Å²) in [4.78, 5) is 4.18. The van der Waals surface area contributed by atoms with Gasteiger partial charge in [-0.25, -0.2) is 0 Å². The molecule has 3 nitrogen and oxygen atoms in total. The predicted molar refractivity (Wildman–Crippen MR) is 72.6 cm³/mol. The minimum absolute atomic E-state index is 0.832. The number of aromatic nitrogens is 1. The van der Waals surface area contributed by atoms with Crippen LogP contribution in [0.1, 0.15) is 16.8 Å².